The standard InChI is InChI=1S/C27H35N3O2/c1-19-10-13-29(14-11-19)27(32)26-24-7-5-4-6-22(24)12-15-30(26)18-25(31)28-17-23-16-20(2)8-9-21(23)3/h4-9,16,19,26H,10-15,17-18H2,1-3H3,(H,28,31). The highest BCUT2D eigenvalue weighted by Crippen LogP contribution is 2.32. The maximum atomic E-state index is 13.6. The highest BCUT2D eigenvalue weighted by atomic mass is 16.2. The molecule has 2 heterocycles. The lowest BCUT2D eigenvalue weighted by molar-refractivity contribution is -0.140. The Bertz CT molecular complexity index is 979. The Morgan fingerprint density at radius 1 is 1.03 bits per heavy atom. The molecule has 1 N–H and O–H groups in total. The SMILES string of the molecule is Cc1ccc(C)c(CNC(=O)CN2CCc3ccccc3C2C(=O)N2CCC(C)CC2)c1. The minimum absolute atomic E-state index is 0.0321. The van der Waals surface area contributed by atoms with Crippen molar-refractivity contribution in [3.8, 4) is 0 Å². The third-order valence-corrected chi connectivity index (χ3v) is 7.04. The van der Waals surface area contributed by atoms with Crippen LogP contribution in [0.5, 0.6) is 0 Å². The van der Waals surface area contributed by atoms with E-state index in [9.17, 15) is 9.59 Å². The second-order valence-electron chi connectivity index (χ2n) is 9.54. The summed E-state index contributed by atoms with van der Waals surface area (Å²) in [4.78, 5) is 30.6. The van der Waals surface area contributed by atoms with Crippen molar-refractivity contribution in [2.45, 2.75) is 52.6 Å². The number of fused-ring (bicyclic) bond motifs is 1. The van der Waals surface area contributed by atoms with E-state index in [0.29, 0.717) is 19.0 Å². The molecule has 1 unspecified atom stereocenters. The molecule has 2 amide bonds. The molecule has 1 saturated heterocycles. The molecule has 0 aliphatic carbocycles. The number of carbonyl (C=O) groups is 2. The first-order valence-corrected chi connectivity index (χ1v) is 11.9. The van der Waals surface area contributed by atoms with E-state index < -0.39 is 0 Å². The van der Waals surface area contributed by atoms with Crippen molar-refractivity contribution in [3.63, 3.8) is 0 Å². The first kappa shape index (κ1) is 22.5. The topological polar surface area (TPSA) is 52.7 Å². The molecule has 0 aromatic heterocycles. The average molecular weight is 434 g/mol. The Hall–Kier alpha value is -2.66. The van der Waals surface area contributed by atoms with Gasteiger partial charge in [-0.2, -0.15) is 0 Å². The molecule has 4 rings (SSSR count). The number of rotatable bonds is 5. The Labute approximate surface area is 191 Å². The Balaban J connectivity index is 1.48. The summed E-state index contributed by atoms with van der Waals surface area (Å²) in [6.45, 7) is 9.47. The lowest BCUT2D eigenvalue weighted by Crippen LogP contribution is -2.50. The smallest absolute Gasteiger partial charge is 0.244 e. The first-order valence-electron chi connectivity index (χ1n) is 11.9. The molecule has 5 heteroatoms. The van der Waals surface area contributed by atoms with Gasteiger partial charge in [-0.05, 0) is 61.3 Å². The molecule has 2 aromatic carbocycles. The van der Waals surface area contributed by atoms with Gasteiger partial charge in [0.25, 0.3) is 0 Å². The molecule has 32 heavy (non-hydrogen) atoms. The fourth-order valence-electron chi connectivity index (χ4n) is 4.90. The highest BCUT2D eigenvalue weighted by Gasteiger charge is 2.37. The van der Waals surface area contributed by atoms with E-state index in [2.05, 4.69) is 61.3 Å². The van der Waals surface area contributed by atoms with E-state index in [-0.39, 0.29) is 24.4 Å². The zero-order valence-corrected chi connectivity index (χ0v) is 19.6. The number of likely N-dealkylation sites (tertiary alicyclic amines) is 1. The molecule has 2 aliphatic heterocycles. The summed E-state index contributed by atoms with van der Waals surface area (Å²) >= 11 is 0. The van der Waals surface area contributed by atoms with E-state index in [4.69, 9.17) is 0 Å². The fourth-order valence-corrected chi connectivity index (χ4v) is 4.90. The van der Waals surface area contributed by atoms with Gasteiger partial charge in [0.2, 0.25) is 11.8 Å². The molecule has 0 spiro atoms. The van der Waals surface area contributed by atoms with Crippen molar-refractivity contribution >= 4 is 11.8 Å². The molecule has 0 bridgehead atoms. The van der Waals surface area contributed by atoms with Gasteiger partial charge < -0.3 is 10.2 Å². The van der Waals surface area contributed by atoms with E-state index in [1.165, 1.54) is 16.7 Å². The average Bonchev–Trinajstić information content (AvgIpc) is 2.79. The monoisotopic (exact) mass is 433 g/mol. The van der Waals surface area contributed by atoms with Crippen molar-refractivity contribution in [1.82, 2.24) is 15.1 Å². The number of piperidine rings is 1. The summed E-state index contributed by atoms with van der Waals surface area (Å²) in [5, 5.41) is 3.08. The van der Waals surface area contributed by atoms with Gasteiger partial charge in [-0.25, -0.2) is 0 Å². The van der Waals surface area contributed by atoms with Gasteiger partial charge in [0.15, 0.2) is 0 Å². The van der Waals surface area contributed by atoms with Gasteiger partial charge in [-0.1, -0.05) is 55.0 Å². The zero-order chi connectivity index (χ0) is 22.7. The van der Waals surface area contributed by atoms with Crippen LogP contribution < -0.4 is 5.32 Å². The van der Waals surface area contributed by atoms with Gasteiger partial charge in [0.05, 0.1) is 6.54 Å². The molecule has 0 radical (unpaired) electrons. The van der Waals surface area contributed by atoms with Gasteiger partial charge in [-0.15, -0.1) is 0 Å². The number of nitrogens with one attached hydrogen (secondary N) is 1. The summed E-state index contributed by atoms with van der Waals surface area (Å²) in [6.07, 6.45) is 2.97. The minimum Gasteiger partial charge on any atom is -0.351 e. The predicted molar refractivity (Wildman–Crippen MR) is 127 cm³/mol. The van der Waals surface area contributed by atoms with Crippen LogP contribution in [0.25, 0.3) is 0 Å². The lowest BCUT2D eigenvalue weighted by Gasteiger charge is -2.40. The van der Waals surface area contributed by atoms with Crippen molar-refractivity contribution in [3.05, 3.63) is 70.3 Å². The number of hydrogen-bond donors (Lipinski definition) is 1. The second kappa shape index (κ2) is 9.86. The van der Waals surface area contributed by atoms with Crippen LogP contribution in [0.2, 0.25) is 0 Å². The number of carbonyl (C=O) groups excluding carboxylic acids is 2. The number of hydrogen-bond acceptors (Lipinski definition) is 3. The van der Waals surface area contributed by atoms with E-state index in [0.717, 1.165) is 43.5 Å². The van der Waals surface area contributed by atoms with Crippen molar-refractivity contribution in [1.29, 1.82) is 0 Å². The Morgan fingerprint density at radius 3 is 2.56 bits per heavy atom. The van der Waals surface area contributed by atoms with Crippen LogP contribution in [-0.2, 0) is 22.6 Å². The molecular formula is C27H35N3O2. The van der Waals surface area contributed by atoms with Crippen LogP contribution in [0, 0.1) is 19.8 Å². The van der Waals surface area contributed by atoms with Gasteiger partial charge in [0, 0.05) is 26.2 Å². The highest BCUT2D eigenvalue weighted by molar-refractivity contribution is 5.85. The van der Waals surface area contributed by atoms with Crippen molar-refractivity contribution < 1.29 is 9.59 Å². The Morgan fingerprint density at radius 2 is 1.78 bits per heavy atom. The summed E-state index contributed by atoms with van der Waals surface area (Å²) in [7, 11) is 0. The van der Waals surface area contributed by atoms with Gasteiger partial charge in [0.1, 0.15) is 6.04 Å². The van der Waals surface area contributed by atoms with Gasteiger partial charge >= 0.3 is 0 Å². The zero-order valence-electron chi connectivity index (χ0n) is 19.6. The quantitative estimate of drug-likeness (QED) is 0.781. The van der Waals surface area contributed by atoms with Crippen LogP contribution in [-0.4, -0.2) is 47.8 Å². The largest absolute Gasteiger partial charge is 0.351 e. The normalized spacial score (nSPS) is 19.5. The van der Waals surface area contributed by atoms with E-state index in [1.54, 1.807) is 0 Å². The van der Waals surface area contributed by atoms with Crippen molar-refractivity contribution in [2.75, 3.05) is 26.2 Å². The molecular weight excluding hydrogens is 398 g/mol. The van der Waals surface area contributed by atoms with E-state index in [1.807, 2.05) is 17.0 Å². The van der Waals surface area contributed by atoms with Gasteiger partial charge in [-0.3, -0.25) is 14.5 Å². The third kappa shape index (κ3) is 5.04. The maximum Gasteiger partial charge on any atom is 0.244 e. The molecule has 5 nitrogen and oxygen atoms in total. The minimum atomic E-state index is -0.375. The molecule has 2 aliphatic rings. The fraction of sp³-hybridized carbons (Fsp3) is 0.481. The molecule has 0 saturated carbocycles. The summed E-state index contributed by atoms with van der Waals surface area (Å²) < 4.78 is 0. The molecule has 1 atom stereocenters. The molecule has 170 valence electrons. The number of benzene rings is 2. The van der Waals surface area contributed by atoms with Crippen LogP contribution >= 0.6 is 0 Å². The summed E-state index contributed by atoms with van der Waals surface area (Å²) in [5.74, 6) is 0.784. The van der Waals surface area contributed by atoms with Crippen LogP contribution in [0.4, 0.5) is 0 Å². The summed E-state index contributed by atoms with van der Waals surface area (Å²) in [5.41, 5.74) is 5.79. The lowest BCUT2D eigenvalue weighted by atomic mass is 9.90. The number of nitrogens with zero attached hydrogens (tertiary/aromatic N) is 2. The van der Waals surface area contributed by atoms with E-state index >= 15 is 0 Å². The molecule has 2 aromatic rings. The van der Waals surface area contributed by atoms with Crippen molar-refractivity contribution in [2.24, 2.45) is 5.92 Å². The van der Waals surface area contributed by atoms with Crippen LogP contribution in [0.1, 0.15) is 53.6 Å². The number of aryl methyl sites for hydroxylation is 2. The second-order valence-corrected chi connectivity index (χ2v) is 9.54. The third-order valence-electron chi connectivity index (χ3n) is 7.04. The Kier molecular flexibility index (Phi) is 6.95. The maximum absolute atomic E-state index is 13.6. The first-order chi connectivity index (χ1) is 15.4. The summed E-state index contributed by atoms with van der Waals surface area (Å²) in [6, 6.07) is 14.1. The molecule has 1 fully saturated rings. The number of amides is 2. The van der Waals surface area contributed by atoms with Crippen LogP contribution in [0.15, 0.2) is 42.5 Å². The predicted octanol–water partition coefficient (Wildman–Crippen LogP) is 3.78. The van der Waals surface area contributed by atoms with Crippen LogP contribution in [0.3, 0.4) is 0 Å².